The van der Waals surface area contributed by atoms with Crippen molar-refractivity contribution in [3.8, 4) is 0 Å². The van der Waals surface area contributed by atoms with Crippen LogP contribution >= 0.6 is 0 Å². The summed E-state index contributed by atoms with van der Waals surface area (Å²) in [6.07, 6.45) is 2.74. The smallest absolute Gasteiger partial charge is 0.265 e. The molecular weight excluding hydrogens is 346 g/mol. The lowest BCUT2D eigenvalue weighted by atomic mass is 9.88. The molecule has 0 radical (unpaired) electrons. The number of nitrogens with zero attached hydrogens (tertiary/aromatic N) is 3. The molecule has 1 unspecified atom stereocenters. The molecule has 3 heterocycles. The van der Waals surface area contributed by atoms with E-state index in [1.807, 2.05) is 12.1 Å². The zero-order valence-corrected chi connectivity index (χ0v) is 14.9. The molecule has 0 saturated carbocycles. The Bertz CT molecular complexity index is 851. The Morgan fingerprint density at radius 3 is 2.59 bits per heavy atom. The largest absolute Gasteiger partial charge is 0.379 e. The normalized spacial score (nSPS) is 22.7. The lowest BCUT2D eigenvalue weighted by Crippen LogP contribution is -2.49. The molecule has 2 aliphatic heterocycles. The van der Waals surface area contributed by atoms with E-state index in [4.69, 9.17) is 4.74 Å². The van der Waals surface area contributed by atoms with E-state index >= 15 is 0 Å². The van der Waals surface area contributed by atoms with E-state index in [9.17, 15) is 14.7 Å². The zero-order chi connectivity index (χ0) is 18.9. The number of pyridine rings is 1. The average molecular weight is 367 g/mol. The first-order valence-electron chi connectivity index (χ1n) is 8.97. The molecule has 1 N–H and O–H groups in total. The molecule has 1 saturated heterocycles. The number of aliphatic hydroxyl groups is 1. The maximum absolute atomic E-state index is 13.2. The van der Waals surface area contributed by atoms with Crippen LogP contribution in [0, 0.1) is 0 Å². The molecule has 1 aromatic carbocycles. The van der Waals surface area contributed by atoms with Gasteiger partial charge in [-0.15, -0.1) is 0 Å². The van der Waals surface area contributed by atoms with Crippen LogP contribution in [0.3, 0.4) is 0 Å². The van der Waals surface area contributed by atoms with Crippen molar-refractivity contribution >= 4 is 17.4 Å². The van der Waals surface area contributed by atoms with Gasteiger partial charge in [0, 0.05) is 36.6 Å². The molecule has 4 rings (SSSR count). The molecule has 140 valence electrons. The average Bonchev–Trinajstić information content (AvgIpc) is 2.92. The van der Waals surface area contributed by atoms with Crippen molar-refractivity contribution in [2.45, 2.75) is 12.0 Å². The minimum atomic E-state index is -1.86. The lowest BCUT2D eigenvalue weighted by molar-refractivity contribution is -0.136. The van der Waals surface area contributed by atoms with Gasteiger partial charge in [-0.05, 0) is 18.2 Å². The maximum atomic E-state index is 13.2. The molecule has 27 heavy (non-hydrogen) atoms. The van der Waals surface area contributed by atoms with Gasteiger partial charge in [-0.1, -0.05) is 18.2 Å². The van der Waals surface area contributed by atoms with E-state index in [-0.39, 0.29) is 12.2 Å². The molecule has 0 aliphatic carbocycles. The Labute approximate surface area is 157 Å². The van der Waals surface area contributed by atoms with Gasteiger partial charge in [-0.3, -0.25) is 24.4 Å². The Kier molecular flexibility index (Phi) is 4.73. The number of benzene rings is 1. The van der Waals surface area contributed by atoms with Crippen molar-refractivity contribution in [1.29, 1.82) is 0 Å². The monoisotopic (exact) mass is 367 g/mol. The number of anilines is 1. The van der Waals surface area contributed by atoms with Gasteiger partial charge in [-0.2, -0.15) is 0 Å². The predicted molar refractivity (Wildman–Crippen MR) is 98.3 cm³/mol. The number of carbonyl (C=O) groups excluding carboxylic acids is 2. The van der Waals surface area contributed by atoms with Crippen LogP contribution in [-0.2, 0) is 15.1 Å². The topological polar surface area (TPSA) is 83.0 Å². The second-order valence-electron chi connectivity index (χ2n) is 6.82. The Morgan fingerprint density at radius 2 is 1.85 bits per heavy atom. The first-order chi connectivity index (χ1) is 13.1. The molecule has 0 bridgehead atoms. The number of carbonyl (C=O) groups is 2. The van der Waals surface area contributed by atoms with Crippen LogP contribution in [0.25, 0.3) is 0 Å². The number of amides is 1. The van der Waals surface area contributed by atoms with Crippen molar-refractivity contribution in [1.82, 2.24) is 9.88 Å². The van der Waals surface area contributed by atoms with Gasteiger partial charge >= 0.3 is 0 Å². The summed E-state index contributed by atoms with van der Waals surface area (Å²) in [4.78, 5) is 33.4. The van der Waals surface area contributed by atoms with Crippen LogP contribution in [0.5, 0.6) is 0 Å². The number of aromatic nitrogens is 1. The number of rotatable bonds is 5. The number of hydrogen-bond acceptors (Lipinski definition) is 6. The van der Waals surface area contributed by atoms with Crippen LogP contribution in [0.1, 0.15) is 22.3 Å². The van der Waals surface area contributed by atoms with Crippen LogP contribution in [0.15, 0.2) is 48.8 Å². The van der Waals surface area contributed by atoms with Gasteiger partial charge < -0.3 is 9.84 Å². The van der Waals surface area contributed by atoms with Gasteiger partial charge in [0.1, 0.15) is 0 Å². The van der Waals surface area contributed by atoms with Crippen LogP contribution < -0.4 is 4.90 Å². The highest BCUT2D eigenvalue weighted by Crippen LogP contribution is 2.42. The number of fused-ring (bicyclic) bond motifs is 1. The van der Waals surface area contributed by atoms with E-state index in [0.29, 0.717) is 36.7 Å². The van der Waals surface area contributed by atoms with Crippen molar-refractivity contribution in [2.24, 2.45) is 0 Å². The van der Waals surface area contributed by atoms with Crippen molar-refractivity contribution < 1.29 is 19.4 Å². The minimum absolute atomic E-state index is 0.295. The fourth-order valence-corrected chi connectivity index (χ4v) is 3.63. The summed E-state index contributed by atoms with van der Waals surface area (Å²) < 4.78 is 5.36. The first-order valence-corrected chi connectivity index (χ1v) is 8.97. The third-order valence-electron chi connectivity index (χ3n) is 5.10. The summed E-state index contributed by atoms with van der Waals surface area (Å²) in [6, 6.07) is 10.3. The summed E-state index contributed by atoms with van der Waals surface area (Å²) in [5.74, 6) is -0.756. The maximum Gasteiger partial charge on any atom is 0.265 e. The summed E-state index contributed by atoms with van der Waals surface area (Å²) in [6.45, 7) is 3.05. The minimum Gasteiger partial charge on any atom is -0.379 e. The number of Topliss-reactive ketones (excluding diaryl/α,β-unsaturated/α-hetero) is 1. The predicted octanol–water partition coefficient (Wildman–Crippen LogP) is 1.18. The molecule has 0 spiro atoms. The fraction of sp³-hybridized carbons (Fsp3) is 0.350. The second kappa shape index (κ2) is 7.19. The molecule has 2 aliphatic rings. The molecular formula is C20H21N3O4. The second-order valence-corrected chi connectivity index (χ2v) is 6.82. The van der Waals surface area contributed by atoms with E-state index in [1.54, 1.807) is 29.2 Å². The van der Waals surface area contributed by atoms with Gasteiger partial charge in [-0.25, -0.2) is 0 Å². The number of morpholine rings is 1. The molecule has 7 heteroatoms. The van der Waals surface area contributed by atoms with E-state index in [0.717, 1.165) is 13.1 Å². The third kappa shape index (κ3) is 3.25. The number of para-hydroxylation sites is 1. The Hall–Kier alpha value is -2.61. The number of hydrogen-bond donors (Lipinski definition) is 1. The number of ketones is 1. The van der Waals surface area contributed by atoms with E-state index in [1.165, 1.54) is 12.4 Å². The fourth-order valence-electron chi connectivity index (χ4n) is 3.63. The quantitative estimate of drug-likeness (QED) is 0.799. The molecule has 1 amide bonds. The SMILES string of the molecule is O=C(CC1(O)C(=O)N(CN2CCOCC2)c2ccccc21)c1ccncc1. The molecule has 7 nitrogen and oxygen atoms in total. The number of ether oxygens (including phenoxy) is 1. The molecule has 1 fully saturated rings. The van der Waals surface area contributed by atoms with Crippen LogP contribution in [0.2, 0.25) is 0 Å². The summed E-state index contributed by atoms with van der Waals surface area (Å²) >= 11 is 0. The molecule has 2 aromatic rings. The van der Waals surface area contributed by atoms with Gasteiger partial charge in [0.15, 0.2) is 11.4 Å². The van der Waals surface area contributed by atoms with Crippen molar-refractivity contribution in [2.75, 3.05) is 37.9 Å². The lowest BCUT2D eigenvalue weighted by Gasteiger charge is -2.31. The van der Waals surface area contributed by atoms with E-state index < -0.39 is 11.5 Å². The summed E-state index contributed by atoms with van der Waals surface area (Å²) in [7, 11) is 0. The van der Waals surface area contributed by atoms with Crippen LogP contribution in [-0.4, -0.2) is 59.7 Å². The van der Waals surface area contributed by atoms with E-state index in [2.05, 4.69) is 9.88 Å². The highest BCUT2D eigenvalue weighted by molar-refractivity contribution is 6.10. The third-order valence-corrected chi connectivity index (χ3v) is 5.10. The Morgan fingerprint density at radius 1 is 1.15 bits per heavy atom. The van der Waals surface area contributed by atoms with Gasteiger partial charge in [0.2, 0.25) is 0 Å². The highest BCUT2D eigenvalue weighted by Gasteiger charge is 2.51. The zero-order valence-electron chi connectivity index (χ0n) is 14.9. The summed E-state index contributed by atoms with van der Waals surface area (Å²) in [5.41, 5.74) is -0.302. The Balaban J connectivity index is 1.62. The van der Waals surface area contributed by atoms with Crippen molar-refractivity contribution in [3.05, 3.63) is 59.9 Å². The first kappa shape index (κ1) is 17.8. The molecule has 1 atom stereocenters. The van der Waals surface area contributed by atoms with Crippen molar-refractivity contribution in [3.63, 3.8) is 0 Å². The van der Waals surface area contributed by atoms with Gasteiger partial charge in [0.25, 0.3) is 5.91 Å². The van der Waals surface area contributed by atoms with Gasteiger partial charge in [0.05, 0.1) is 32.0 Å². The van der Waals surface area contributed by atoms with Crippen LogP contribution in [0.4, 0.5) is 5.69 Å². The summed E-state index contributed by atoms with van der Waals surface area (Å²) in [5, 5.41) is 11.3. The molecule has 1 aromatic heterocycles. The highest BCUT2D eigenvalue weighted by atomic mass is 16.5. The standard InChI is InChI=1S/C20H21N3O4/c24-18(15-5-7-21-8-6-15)13-20(26)16-3-1-2-4-17(16)23(19(20)25)14-22-9-11-27-12-10-22/h1-8,26H,9-14H2.